The summed E-state index contributed by atoms with van der Waals surface area (Å²) in [4.78, 5) is 14.3. The number of rotatable bonds is 2. The van der Waals surface area contributed by atoms with Gasteiger partial charge in [-0.25, -0.2) is 4.39 Å². The van der Waals surface area contributed by atoms with Crippen LogP contribution in [0.5, 0.6) is 0 Å². The van der Waals surface area contributed by atoms with E-state index in [-0.39, 0.29) is 23.7 Å². The number of amides is 1. The van der Waals surface area contributed by atoms with E-state index in [2.05, 4.69) is 0 Å². The summed E-state index contributed by atoms with van der Waals surface area (Å²) in [5.41, 5.74) is 0.876. The lowest BCUT2D eigenvalue weighted by atomic mass is 10.0. The van der Waals surface area contributed by atoms with Gasteiger partial charge < -0.3 is 14.7 Å². The van der Waals surface area contributed by atoms with Gasteiger partial charge in [-0.05, 0) is 37.0 Å². The minimum Gasteiger partial charge on any atom is -0.392 e. The third-order valence-electron chi connectivity index (χ3n) is 4.42. The number of benzene rings is 1. The summed E-state index contributed by atoms with van der Waals surface area (Å²) in [7, 11) is 0. The molecule has 1 N–H and O–H groups in total. The zero-order valence-electron chi connectivity index (χ0n) is 11.9. The number of carbonyl (C=O) groups is 1. The monoisotopic (exact) mass is 293 g/mol. The molecule has 1 heterocycles. The predicted molar refractivity (Wildman–Crippen MR) is 75.0 cm³/mol. The Morgan fingerprint density at radius 1 is 1.29 bits per heavy atom. The Kier molecular flexibility index (Phi) is 4.22. The lowest BCUT2D eigenvalue weighted by Gasteiger charge is -2.35. The lowest BCUT2D eigenvalue weighted by Crippen LogP contribution is -2.46. The SMILES string of the molecule is O=C(C1CCCC1O)N1CCOC(c2ccc(F)cc2)C1. The van der Waals surface area contributed by atoms with Crippen LogP contribution in [-0.2, 0) is 9.53 Å². The Bertz CT molecular complexity index is 505. The van der Waals surface area contributed by atoms with Crippen LogP contribution in [0.4, 0.5) is 4.39 Å². The summed E-state index contributed by atoms with van der Waals surface area (Å²) in [5, 5.41) is 9.88. The standard InChI is InChI=1S/C16H20FNO3/c17-12-6-4-11(5-7-12)15-10-18(8-9-21-15)16(20)13-2-1-3-14(13)19/h4-7,13-15,19H,1-3,8-10H2. The average Bonchev–Trinajstić information content (AvgIpc) is 2.93. The minimum absolute atomic E-state index is 0.0235. The topological polar surface area (TPSA) is 49.8 Å². The molecule has 3 rings (SSSR count). The molecule has 1 saturated heterocycles. The van der Waals surface area contributed by atoms with Gasteiger partial charge in [0.15, 0.2) is 0 Å². The molecule has 1 aliphatic heterocycles. The molecular weight excluding hydrogens is 273 g/mol. The molecule has 0 spiro atoms. The molecule has 21 heavy (non-hydrogen) atoms. The highest BCUT2D eigenvalue weighted by Crippen LogP contribution is 2.29. The van der Waals surface area contributed by atoms with Gasteiger partial charge in [0.1, 0.15) is 11.9 Å². The van der Waals surface area contributed by atoms with Gasteiger partial charge in [0.05, 0.1) is 25.2 Å². The van der Waals surface area contributed by atoms with Crippen molar-refractivity contribution in [3.8, 4) is 0 Å². The zero-order chi connectivity index (χ0) is 14.8. The maximum absolute atomic E-state index is 13.0. The van der Waals surface area contributed by atoms with Gasteiger partial charge in [0.25, 0.3) is 0 Å². The molecule has 2 fully saturated rings. The number of halogens is 1. The van der Waals surface area contributed by atoms with Crippen LogP contribution in [0.3, 0.4) is 0 Å². The zero-order valence-corrected chi connectivity index (χ0v) is 11.9. The van der Waals surface area contributed by atoms with Crippen molar-refractivity contribution in [1.29, 1.82) is 0 Å². The van der Waals surface area contributed by atoms with Crippen molar-refractivity contribution in [3.63, 3.8) is 0 Å². The molecular formula is C16H20FNO3. The van der Waals surface area contributed by atoms with Crippen molar-refractivity contribution >= 4 is 5.91 Å². The molecule has 0 radical (unpaired) electrons. The predicted octanol–water partition coefficient (Wildman–Crippen LogP) is 1.89. The molecule has 2 aliphatic rings. The number of morpholine rings is 1. The van der Waals surface area contributed by atoms with Crippen LogP contribution in [-0.4, -0.2) is 41.7 Å². The highest BCUT2D eigenvalue weighted by molar-refractivity contribution is 5.80. The van der Waals surface area contributed by atoms with Crippen LogP contribution in [0.1, 0.15) is 30.9 Å². The van der Waals surface area contributed by atoms with Gasteiger partial charge in [-0.1, -0.05) is 12.1 Å². The van der Waals surface area contributed by atoms with Gasteiger partial charge in [-0.2, -0.15) is 0 Å². The first-order chi connectivity index (χ1) is 10.1. The molecule has 1 aliphatic carbocycles. The van der Waals surface area contributed by atoms with E-state index in [0.717, 1.165) is 18.4 Å². The Morgan fingerprint density at radius 2 is 2.05 bits per heavy atom. The lowest BCUT2D eigenvalue weighted by molar-refractivity contribution is -0.146. The molecule has 0 bridgehead atoms. The Labute approximate surface area is 123 Å². The first-order valence-corrected chi connectivity index (χ1v) is 7.49. The molecule has 1 aromatic rings. The van der Waals surface area contributed by atoms with E-state index >= 15 is 0 Å². The van der Waals surface area contributed by atoms with Crippen LogP contribution in [0.15, 0.2) is 24.3 Å². The smallest absolute Gasteiger partial charge is 0.228 e. The highest BCUT2D eigenvalue weighted by atomic mass is 19.1. The first-order valence-electron chi connectivity index (χ1n) is 7.49. The molecule has 3 atom stereocenters. The third-order valence-corrected chi connectivity index (χ3v) is 4.42. The summed E-state index contributed by atoms with van der Waals surface area (Å²) in [6.45, 7) is 1.49. The molecule has 4 nitrogen and oxygen atoms in total. The van der Waals surface area contributed by atoms with E-state index in [4.69, 9.17) is 4.74 Å². The van der Waals surface area contributed by atoms with Crippen molar-refractivity contribution in [2.75, 3.05) is 19.7 Å². The summed E-state index contributed by atoms with van der Waals surface area (Å²) < 4.78 is 18.7. The molecule has 1 saturated carbocycles. The average molecular weight is 293 g/mol. The number of hydrogen-bond acceptors (Lipinski definition) is 3. The van der Waals surface area contributed by atoms with Crippen LogP contribution < -0.4 is 0 Å². The van der Waals surface area contributed by atoms with E-state index in [1.807, 2.05) is 0 Å². The molecule has 0 aromatic heterocycles. The third kappa shape index (κ3) is 3.09. The van der Waals surface area contributed by atoms with Crippen molar-refractivity contribution in [2.45, 2.75) is 31.5 Å². The molecule has 1 amide bonds. The van der Waals surface area contributed by atoms with Gasteiger partial charge in [-0.15, -0.1) is 0 Å². The maximum atomic E-state index is 13.0. The van der Waals surface area contributed by atoms with E-state index in [9.17, 15) is 14.3 Å². The normalized spacial score (nSPS) is 29.6. The van der Waals surface area contributed by atoms with Crippen LogP contribution >= 0.6 is 0 Å². The summed E-state index contributed by atoms with van der Waals surface area (Å²) in [6, 6.07) is 6.19. The fraction of sp³-hybridized carbons (Fsp3) is 0.562. The number of nitrogens with zero attached hydrogens (tertiary/aromatic N) is 1. The van der Waals surface area contributed by atoms with E-state index in [1.54, 1.807) is 17.0 Å². The van der Waals surface area contributed by atoms with Crippen molar-refractivity contribution in [2.24, 2.45) is 5.92 Å². The largest absolute Gasteiger partial charge is 0.392 e. The van der Waals surface area contributed by atoms with Crippen molar-refractivity contribution < 1.29 is 19.0 Å². The molecule has 5 heteroatoms. The minimum atomic E-state index is -0.510. The second-order valence-corrected chi connectivity index (χ2v) is 5.80. The number of aliphatic hydroxyl groups excluding tert-OH is 1. The quantitative estimate of drug-likeness (QED) is 0.906. The van der Waals surface area contributed by atoms with Gasteiger partial charge >= 0.3 is 0 Å². The van der Waals surface area contributed by atoms with Crippen LogP contribution in [0.25, 0.3) is 0 Å². The van der Waals surface area contributed by atoms with E-state index in [1.165, 1.54) is 12.1 Å². The number of carbonyl (C=O) groups excluding carboxylic acids is 1. The Morgan fingerprint density at radius 3 is 2.71 bits per heavy atom. The highest BCUT2D eigenvalue weighted by Gasteiger charge is 2.36. The summed E-state index contributed by atoms with van der Waals surface area (Å²) in [5.74, 6) is -0.524. The Hall–Kier alpha value is -1.46. The van der Waals surface area contributed by atoms with Gasteiger partial charge in [-0.3, -0.25) is 4.79 Å². The van der Waals surface area contributed by atoms with Gasteiger partial charge in [0.2, 0.25) is 5.91 Å². The van der Waals surface area contributed by atoms with E-state index in [0.29, 0.717) is 26.1 Å². The van der Waals surface area contributed by atoms with E-state index < -0.39 is 6.10 Å². The maximum Gasteiger partial charge on any atom is 0.228 e. The number of hydrogen-bond donors (Lipinski definition) is 1. The summed E-state index contributed by atoms with van der Waals surface area (Å²) >= 11 is 0. The number of ether oxygens (including phenoxy) is 1. The molecule has 3 unspecified atom stereocenters. The number of aliphatic hydroxyl groups is 1. The first kappa shape index (κ1) is 14.5. The van der Waals surface area contributed by atoms with Crippen molar-refractivity contribution in [3.05, 3.63) is 35.6 Å². The molecule has 114 valence electrons. The second kappa shape index (κ2) is 6.12. The Balaban J connectivity index is 1.68. The van der Waals surface area contributed by atoms with Gasteiger partial charge in [0, 0.05) is 6.54 Å². The van der Waals surface area contributed by atoms with Crippen LogP contribution in [0.2, 0.25) is 0 Å². The van der Waals surface area contributed by atoms with Crippen molar-refractivity contribution in [1.82, 2.24) is 4.90 Å². The summed E-state index contributed by atoms with van der Waals surface area (Å²) in [6.07, 6.45) is 1.65. The second-order valence-electron chi connectivity index (χ2n) is 5.80. The molecule has 1 aromatic carbocycles. The van der Waals surface area contributed by atoms with Crippen LogP contribution in [0, 0.1) is 11.7 Å². The fourth-order valence-corrected chi connectivity index (χ4v) is 3.19. The fourth-order valence-electron chi connectivity index (χ4n) is 3.19.